The first-order chi connectivity index (χ1) is 17.7. The first-order valence-electron chi connectivity index (χ1n) is 12.7. The maximum absolute atomic E-state index is 13.9. The number of rotatable bonds is 9. The van der Waals surface area contributed by atoms with Gasteiger partial charge in [-0.15, -0.1) is 0 Å². The van der Waals surface area contributed by atoms with E-state index in [4.69, 9.17) is 10.5 Å². The molecule has 2 aliphatic rings. The van der Waals surface area contributed by atoms with E-state index in [2.05, 4.69) is 10.3 Å². The number of anilines is 1. The van der Waals surface area contributed by atoms with Gasteiger partial charge in [0.15, 0.2) is 0 Å². The molecule has 0 radical (unpaired) electrons. The Balaban J connectivity index is 1.50. The SMILES string of the molecule is CCO[C@@H]1CCN(S(=O)(=O)Cc2ccccc2)[C@H]1C(=O)N1CCC[C@H]1C(=O)NCc1ccc(N)nc1C. The molecule has 3 heterocycles. The summed E-state index contributed by atoms with van der Waals surface area (Å²) < 4.78 is 33.9. The molecule has 0 spiro atoms. The molecule has 0 unspecified atom stereocenters. The van der Waals surface area contributed by atoms with Crippen LogP contribution in [0.15, 0.2) is 42.5 Å². The molecule has 0 bridgehead atoms. The van der Waals surface area contributed by atoms with E-state index in [1.807, 2.05) is 26.0 Å². The lowest BCUT2D eigenvalue weighted by Crippen LogP contribution is -2.55. The fourth-order valence-corrected chi connectivity index (χ4v) is 6.89. The number of sulfonamides is 1. The van der Waals surface area contributed by atoms with Crippen LogP contribution in [0.2, 0.25) is 0 Å². The molecule has 200 valence electrons. The van der Waals surface area contributed by atoms with Crippen molar-refractivity contribution in [1.29, 1.82) is 0 Å². The summed E-state index contributed by atoms with van der Waals surface area (Å²) in [6.07, 6.45) is 1.04. The second kappa shape index (κ2) is 11.6. The predicted molar refractivity (Wildman–Crippen MR) is 140 cm³/mol. The Hall–Kier alpha value is -3.02. The minimum Gasteiger partial charge on any atom is -0.384 e. The Bertz CT molecular complexity index is 1220. The van der Waals surface area contributed by atoms with Crippen molar-refractivity contribution in [3.8, 4) is 0 Å². The van der Waals surface area contributed by atoms with Gasteiger partial charge in [-0.25, -0.2) is 13.4 Å². The van der Waals surface area contributed by atoms with Crippen molar-refractivity contribution in [2.75, 3.05) is 25.4 Å². The highest BCUT2D eigenvalue weighted by Gasteiger charge is 2.49. The molecule has 4 rings (SSSR count). The Morgan fingerprint density at radius 3 is 2.59 bits per heavy atom. The smallest absolute Gasteiger partial charge is 0.244 e. The van der Waals surface area contributed by atoms with Gasteiger partial charge in [0, 0.05) is 31.9 Å². The molecule has 0 aliphatic carbocycles. The predicted octanol–water partition coefficient (Wildman–Crippen LogP) is 1.59. The molecule has 0 saturated carbocycles. The van der Waals surface area contributed by atoms with E-state index in [-0.39, 0.29) is 30.7 Å². The van der Waals surface area contributed by atoms with Crippen LogP contribution in [0.4, 0.5) is 5.82 Å². The Morgan fingerprint density at radius 1 is 1.14 bits per heavy atom. The topological polar surface area (TPSA) is 135 Å². The molecule has 3 atom stereocenters. The summed E-state index contributed by atoms with van der Waals surface area (Å²) in [5.41, 5.74) is 7.93. The average molecular weight is 530 g/mol. The van der Waals surface area contributed by atoms with E-state index >= 15 is 0 Å². The largest absolute Gasteiger partial charge is 0.384 e. The molecule has 2 amide bonds. The molecule has 11 heteroatoms. The number of aromatic nitrogens is 1. The first-order valence-corrected chi connectivity index (χ1v) is 14.3. The van der Waals surface area contributed by atoms with Gasteiger partial charge in [-0.1, -0.05) is 36.4 Å². The maximum Gasteiger partial charge on any atom is 0.244 e. The number of pyridine rings is 1. The van der Waals surface area contributed by atoms with Gasteiger partial charge in [0.2, 0.25) is 21.8 Å². The molecular formula is C26H35N5O5S. The number of nitrogens with one attached hydrogen (secondary N) is 1. The van der Waals surface area contributed by atoms with E-state index < -0.39 is 28.2 Å². The number of nitrogens with zero attached hydrogens (tertiary/aromatic N) is 3. The van der Waals surface area contributed by atoms with Gasteiger partial charge >= 0.3 is 0 Å². The summed E-state index contributed by atoms with van der Waals surface area (Å²) in [5, 5.41) is 2.91. The molecule has 1 aromatic heterocycles. The quantitative estimate of drug-likeness (QED) is 0.504. The molecular weight excluding hydrogens is 494 g/mol. The lowest BCUT2D eigenvalue weighted by atomic mass is 10.1. The Kier molecular flexibility index (Phi) is 8.46. The third-order valence-corrected chi connectivity index (χ3v) is 8.81. The number of ether oxygens (including phenoxy) is 1. The number of amides is 2. The Labute approximate surface area is 218 Å². The van der Waals surface area contributed by atoms with Crippen molar-refractivity contribution in [2.45, 2.75) is 63.6 Å². The lowest BCUT2D eigenvalue weighted by Gasteiger charge is -2.32. The summed E-state index contributed by atoms with van der Waals surface area (Å²) in [6.45, 7) is 4.86. The summed E-state index contributed by atoms with van der Waals surface area (Å²) >= 11 is 0. The van der Waals surface area contributed by atoms with Gasteiger partial charge in [-0.05, 0) is 50.3 Å². The highest BCUT2D eigenvalue weighted by molar-refractivity contribution is 7.88. The number of nitrogen functional groups attached to an aromatic ring is 1. The summed E-state index contributed by atoms with van der Waals surface area (Å²) in [6, 6.07) is 10.7. The van der Waals surface area contributed by atoms with Crippen molar-refractivity contribution >= 4 is 27.7 Å². The van der Waals surface area contributed by atoms with Crippen LogP contribution < -0.4 is 11.1 Å². The van der Waals surface area contributed by atoms with Gasteiger partial charge < -0.3 is 20.7 Å². The molecule has 3 N–H and O–H groups in total. The van der Waals surface area contributed by atoms with Gasteiger partial charge in [-0.2, -0.15) is 4.31 Å². The van der Waals surface area contributed by atoms with Crippen LogP contribution in [0, 0.1) is 6.92 Å². The van der Waals surface area contributed by atoms with Crippen molar-refractivity contribution in [2.24, 2.45) is 0 Å². The zero-order valence-electron chi connectivity index (χ0n) is 21.3. The highest BCUT2D eigenvalue weighted by Crippen LogP contribution is 2.30. The second-order valence-corrected chi connectivity index (χ2v) is 11.4. The molecule has 1 aromatic carbocycles. The number of aryl methyl sites for hydroxylation is 1. The molecule has 2 aliphatic heterocycles. The third kappa shape index (κ3) is 6.11. The summed E-state index contributed by atoms with van der Waals surface area (Å²) in [4.78, 5) is 32.7. The van der Waals surface area contributed by atoms with Crippen molar-refractivity contribution in [3.05, 3.63) is 59.3 Å². The first kappa shape index (κ1) is 27.0. The molecule has 10 nitrogen and oxygen atoms in total. The monoisotopic (exact) mass is 529 g/mol. The van der Waals surface area contributed by atoms with Crippen LogP contribution in [0.1, 0.15) is 43.0 Å². The van der Waals surface area contributed by atoms with Gasteiger partial charge in [-0.3, -0.25) is 9.59 Å². The minimum atomic E-state index is -3.79. The molecule has 2 fully saturated rings. The van der Waals surface area contributed by atoms with Gasteiger partial charge in [0.1, 0.15) is 17.9 Å². The van der Waals surface area contributed by atoms with Crippen LogP contribution in [0.5, 0.6) is 0 Å². The minimum absolute atomic E-state index is 0.199. The fraction of sp³-hybridized carbons (Fsp3) is 0.500. The van der Waals surface area contributed by atoms with E-state index in [1.165, 1.54) is 9.21 Å². The number of hydrogen-bond donors (Lipinski definition) is 2. The Morgan fingerprint density at radius 2 is 1.89 bits per heavy atom. The normalized spacial score (nSPS) is 22.3. The summed E-state index contributed by atoms with van der Waals surface area (Å²) in [5.74, 6) is -0.440. The van der Waals surface area contributed by atoms with E-state index in [0.29, 0.717) is 43.8 Å². The van der Waals surface area contributed by atoms with E-state index in [9.17, 15) is 18.0 Å². The van der Waals surface area contributed by atoms with E-state index in [1.54, 1.807) is 30.3 Å². The zero-order valence-corrected chi connectivity index (χ0v) is 22.1. The second-order valence-electron chi connectivity index (χ2n) is 9.47. The number of likely N-dealkylation sites (tertiary alicyclic amines) is 1. The van der Waals surface area contributed by atoms with Gasteiger partial charge in [0.05, 0.1) is 11.9 Å². The average Bonchev–Trinajstić information content (AvgIpc) is 3.52. The maximum atomic E-state index is 13.9. The van der Waals surface area contributed by atoms with Crippen molar-refractivity contribution in [3.63, 3.8) is 0 Å². The number of benzene rings is 1. The van der Waals surface area contributed by atoms with Crippen LogP contribution in [-0.4, -0.2) is 72.3 Å². The van der Waals surface area contributed by atoms with Crippen molar-refractivity contribution in [1.82, 2.24) is 19.5 Å². The van der Waals surface area contributed by atoms with Crippen LogP contribution in [0.3, 0.4) is 0 Å². The van der Waals surface area contributed by atoms with Crippen LogP contribution in [0.25, 0.3) is 0 Å². The number of nitrogens with two attached hydrogens (primary N) is 1. The van der Waals surface area contributed by atoms with Crippen LogP contribution in [-0.2, 0) is 36.6 Å². The molecule has 37 heavy (non-hydrogen) atoms. The van der Waals surface area contributed by atoms with Crippen molar-refractivity contribution < 1.29 is 22.7 Å². The fourth-order valence-electron chi connectivity index (χ4n) is 5.16. The molecule has 2 aromatic rings. The number of hydrogen-bond acceptors (Lipinski definition) is 7. The summed E-state index contributed by atoms with van der Waals surface area (Å²) in [7, 11) is -3.79. The van der Waals surface area contributed by atoms with Crippen LogP contribution >= 0.6 is 0 Å². The third-order valence-electron chi connectivity index (χ3n) is 6.99. The lowest BCUT2D eigenvalue weighted by molar-refractivity contribution is -0.143. The molecule has 2 saturated heterocycles. The van der Waals surface area contributed by atoms with Gasteiger partial charge in [0.25, 0.3) is 0 Å². The zero-order chi connectivity index (χ0) is 26.6. The van der Waals surface area contributed by atoms with E-state index in [0.717, 1.165) is 11.3 Å². The number of carbonyl (C=O) groups is 2. The standard InChI is InChI=1S/C26H35N5O5S/c1-3-36-22-13-15-31(37(34,35)17-19-8-5-4-6-9-19)24(22)26(33)30-14-7-10-21(30)25(32)28-16-20-11-12-23(27)29-18(20)2/h4-6,8-9,11-12,21-22,24H,3,7,10,13-17H2,1-2H3,(H2,27,29)(H,28,32)/t21-,22+,24+/m0/s1. The highest BCUT2D eigenvalue weighted by atomic mass is 32.2. The number of carbonyl (C=O) groups excluding carboxylic acids is 2.